The van der Waals surface area contributed by atoms with Crippen LogP contribution >= 0.6 is 11.3 Å². The highest BCUT2D eigenvalue weighted by molar-refractivity contribution is 7.16. The summed E-state index contributed by atoms with van der Waals surface area (Å²) in [6.45, 7) is 0. The van der Waals surface area contributed by atoms with Gasteiger partial charge in [-0.25, -0.2) is 9.18 Å². The van der Waals surface area contributed by atoms with Crippen molar-refractivity contribution in [3.05, 3.63) is 47.1 Å². The SMILES string of the molecule is COC(=O)/C=C/c1sc(-c2ccc(F)cc2)cc1-c1nn[nH]n1. The Morgan fingerprint density at radius 1 is 1.35 bits per heavy atom. The largest absolute Gasteiger partial charge is 0.466 e. The first-order chi connectivity index (χ1) is 11.2. The number of thiophene rings is 1. The number of hydrogen-bond donors (Lipinski definition) is 1. The van der Waals surface area contributed by atoms with Crippen LogP contribution in [0.5, 0.6) is 0 Å². The Balaban J connectivity index is 2.04. The van der Waals surface area contributed by atoms with E-state index in [2.05, 4.69) is 25.4 Å². The molecule has 3 rings (SSSR count). The molecule has 0 saturated heterocycles. The normalized spacial score (nSPS) is 11.0. The van der Waals surface area contributed by atoms with E-state index in [0.717, 1.165) is 20.9 Å². The van der Waals surface area contributed by atoms with Crippen LogP contribution < -0.4 is 0 Å². The quantitative estimate of drug-likeness (QED) is 0.587. The van der Waals surface area contributed by atoms with Crippen molar-refractivity contribution in [3.63, 3.8) is 0 Å². The van der Waals surface area contributed by atoms with E-state index < -0.39 is 5.97 Å². The second kappa shape index (κ2) is 6.49. The summed E-state index contributed by atoms with van der Waals surface area (Å²) in [6, 6.07) is 8.05. The Morgan fingerprint density at radius 2 is 2.13 bits per heavy atom. The fourth-order valence-electron chi connectivity index (χ4n) is 1.95. The third kappa shape index (κ3) is 3.32. The lowest BCUT2D eigenvalue weighted by Gasteiger charge is -1.95. The molecule has 116 valence electrons. The van der Waals surface area contributed by atoms with Crippen LogP contribution in [0.15, 0.2) is 36.4 Å². The van der Waals surface area contributed by atoms with Crippen LogP contribution in [-0.4, -0.2) is 33.7 Å². The molecule has 0 spiro atoms. The van der Waals surface area contributed by atoms with E-state index in [0.29, 0.717) is 5.82 Å². The molecule has 8 heteroatoms. The zero-order chi connectivity index (χ0) is 16.2. The number of halogens is 1. The lowest BCUT2D eigenvalue weighted by atomic mass is 10.1. The minimum Gasteiger partial charge on any atom is -0.466 e. The van der Waals surface area contributed by atoms with Gasteiger partial charge in [-0.2, -0.15) is 5.21 Å². The molecule has 23 heavy (non-hydrogen) atoms. The molecular weight excluding hydrogens is 319 g/mol. The summed E-state index contributed by atoms with van der Waals surface area (Å²) in [5.41, 5.74) is 1.59. The highest BCUT2D eigenvalue weighted by atomic mass is 32.1. The minimum atomic E-state index is -0.458. The fourth-order valence-corrected chi connectivity index (χ4v) is 3.01. The summed E-state index contributed by atoms with van der Waals surface area (Å²) in [5.74, 6) is -0.338. The maximum absolute atomic E-state index is 13.1. The van der Waals surface area contributed by atoms with E-state index in [4.69, 9.17) is 0 Å². The monoisotopic (exact) mass is 330 g/mol. The van der Waals surface area contributed by atoms with E-state index in [1.165, 1.54) is 36.7 Å². The van der Waals surface area contributed by atoms with E-state index in [9.17, 15) is 9.18 Å². The van der Waals surface area contributed by atoms with Gasteiger partial charge in [-0.15, -0.1) is 21.5 Å². The van der Waals surface area contributed by atoms with Gasteiger partial charge in [-0.3, -0.25) is 0 Å². The smallest absolute Gasteiger partial charge is 0.330 e. The number of aromatic amines is 1. The van der Waals surface area contributed by atoms with Crippen LogP contribution in [-0.2, 0) is 9.53 Å². The predicted octanol–water partition coefficient (Wildman–Crippen LogP) is 2.92. The van der Waals surface area contributed by atoms with Crippen LogP contribution in [0.1, 0.15) is 4.88 Å². The Labute approximate surface area is 134 Å². The van der Waals surface area contributed by atoms with Crippen molar-refractivity contribution in [2.45, 2.75) is 0 Å². The van der Waals surface area contributed by atoms with Crippen LogP contribution in [0, 0.1) is 5.82 Å². The molecule has 0 saturated carbocycles. The molecule has 0 fully saturated rings. The summed E-state index contributed by atoms with van der Waals surface area (Å²) >= 11 is 1.43. The molecule has 0 radical (unpaired) electrons. The maximum atomic E-state index is 13.1. The molecule has 0 unspecified atom stereocenters. The topological polar surface area (TPSA) is 80.8 Å². The minimum absolute atomic E-state index is 0.297. The highest BCUT2D eigenvalue weighted by Gasteiger charge is 2.14. The Hall–Kier alpha value is -2.87. The number of carbonyl (C=O) groups is 1. The number of ether oxygens (including phenoxy) is 1. The zero-order valence-electron chi connectivity index (χ0n) is 12.0. The number of rotatable bonds is 4. The first kappa shape index (κ1) is 15.0. The number of nitrogens with zero attached hydrogens (tertiary/aromatic N) is 3. The van der Waals surface area contributed by atoms with Crippen molar-refractivity contribution in [3.8, 4) is 21.8 Å². The van der Waals surface area contributed by atoms with Crippen molar-refractivity contribution in [2.75, 3.05) is 7.11 Å². The van der Waals surface area contributed by atoms with Gasteiger partial charge in [0, 0.05) is 21.4 Å². The molecule has 6 nitrogen and oxygen atoms in total. The van der Waals surface area contributed by atoms with Crippen LogP contribution in [0.25, 0.3) is 27.9 Å². The van der Waals surface area contributed by atoms with E-state index in [1.54, 1.807) is 18.2 Å². The first-order valence-electron chi connectivity index (χ1n) is 6.57. The second-order valence-corrected chi connectivity index (χ2v) is 5.57. The molecular formula is C15H11FN4O2S. The Bertz CT molecular complexity index is 841. The number of aromatic nitrogens is 4. The average molecular weight is 330 g/mol. The molecule has 1 N–H and O–H groups in total. The van der Waals surface area contributed by atoms with Crippen molar-refractivity contribution < 1.29 is 13.9 Å². The van der Waals surface area contributed by atoms with Gasteiger partial charge in [0.15, 0.2) is 0 Å². The third-order valence-corrected chi connectivity index (χ3v) is 4.20. The van der Waals surface area contributed by atoms with Gasteiger partial charge >= 0.3 is 5.97 Å². The Morgan fingerprint density at radius 3 is 2.78 bits per heavy atom. The van der Waals surface area contributed by atoms with Gasteiger partial charge in [-0.05, 0) is 35.1 Å². The van der Waals surface area contributed by atoms with Crippen molar-refractivity contribution in [1.82, 2.24) is 20.6 Å². The van der Waals surface area contributed by atoms with Crippen molar-refractivity contribution >= 4 is 23.4 Å². The number of esters is 1. The zero-order valence-corrected chi connectivity index (χ0v) is 12.8. The summed E-state index contributed by atoms with van der Waals surface area (Å²) in [6.07, 6.45) is 2.96. The molecule has 1 aromatic carbocycles. The van der Waals surface area contributed by atoms with Gasteiger partial charge in [-0.1, -0.05) is 12.1 Å². The molecule has 0 bridgehead atoms. The average Bonchev–Trinajstić information content (AvgIpc) is 3.22. The number of carbonyl (C=O) groups excluding carboxylic acids is 1. The number of methoxy groups -OCH3 is 1. The molecule has 0 atom stereocenters. The fraction of sp³-hybridized carbons (Fsp3) is 0.0667. The summed E-state index contributed by atoms with van der Waals surface area (Å²) in [5, 5.41) is 13.9. The van der Waals surface area contributed by atoms with Gasteiger partial charge in [0.05, 0.1) is 7.11 Å². The molecule has 0 aliphatic carbocycles. The number of hydrogen-bond acceptors (Lipinski definition) is 6. The summed E-state index contributed by atoms with van der Waals surface area (Å²) in [7, 11) is 1.31. The number of tetrazole rings is 1. The van der Waals surface area contributed by atoms with E-state index in [-0.39, 0.29) is 5.82 Å². The predicted molar refractivity (Wildman–Crippen MR) is 83.9 cm³/mol. The molecule has 3 aromatic rings. The lowest BCUT2D eigenvalue weighted by molar-refractivity contribution is -0.134. The maximum Gasteiger partial charge on any atom is 0.330 e. The van der Waals surface area contributed by atoms with Gasteiger partial charge in [0.2, 0.25) is 5.82 Å². The second-order valence-electron chi connectivity index (χ2n) is 4.49. The summed E-state index contributed by atoms with van der Waals surface area (Å²) in [4.78, 5) is 13.0. The summed E-state index contributed by atoms with van der Waals surface area (Å²) < 4.78 is 17.7. The van der Waals surface area contributed by atoms with Crippen LogP contribution in [0.2, 0.25) is 0 Å². The van der Waals surface area contributed by atoms with Gasteiger partial charge < -0.3 is 4.74 Å². The molecule has 0 amide bonds. The molecule has 2 aromatic heterocycles. The van der Waals surface area contributed by atoms with E-state index >= 15 is 0 Å². The lowest BCUT2D eigenvalue weighted by Crippen LogP contribution is -1.93. The Kier molecular flexibility index (Phi) is 4.24. The number of benzene rings is 1. The molecule has 0 aliphatic heterocycles. The first-order valence-corrected chi connectivity index (χ1v) is 7.38. The standard InChI is InChI=1S/C15H11FN4O2S/c1-22-14(21)7-6-12-11(15-17-19-20-18-15)8-13(23-12)9-2-4-10(16)5-3-9/h2-8H,1H3,(H,17,18,19,20)/b7-6+. The molecule has 2 heterocycles. The molecule has 0 aliphatic rings. The van der Waals surface area contributed by atoms with E-state index in [1.807, 2.05) is 6.07 Å². The number of nitrogens with one attached hydrogen (secondary N) is 1. The van der Waals surface area contributed by atoms with Gasteiger partial charge in [0.1, 0.15) is 5.82 Å². The van der Waals surface area contributed by atoms with Crippen LogP contribution in [0.3, 0.4) is 0 Å². The highest BCUT2D eigenvalue weighted by Crippen LogP contribution is 2.36. The third-order valence-electron chi connectivity index (χ3n) is 3.05. The number of H-pyrrole nitrogens is 1. The van der Waals surface area contributed by atoms with Gasteiger partial charge in [0.25, 0.3) is 0 Å². The van der Waals surface area contributed by atoms with Crippen molar-refractivity contribution in [2.24, 2.45) is 0 Å². The van der Waals surface area contributed by atoms with Crippen LogP contribution in [0.4, 0.5) is 4.39 Å². The van der Waals surface area contributed by atoms with Crippen molar-refractivity contribution in [1.29, 1.82) is 0 Å².